The fourth-order valence-corrected chi connectivity index (χ4v) is 6.21. The van der Waals surface area contributed by atoms with Crippen LogP contribution in [0, 0.1) is 17.0 Å². The summed E-state index contributed by atoms with van der Waals surface area (Å²) in [5.41, 5.74) is 1.86. The number of β-amino-alcohol motifs (C(OH)–C–C–N with tert-alkyl or cyclic N) is 1. The number of anilines is 1. The summed E-state index contributed by atoms with van der Waals surface area (Å²) < 4.78 is 1.28. The molecule has 3 aromatic rings. The van der Waals surface area contributed by atoms with E-state index in [0.717, 1.165) is 54.9 Å². The molecule has 11 nitrogen and oxygen atoms in total. The van der Waals surface area contributed by atoms with Crippen molar-refractivity contribution >= 4 is 34.1 Å². The summed E-state index contributed by atoms with van der Waals surface area (Å²) >= 11 is 0. The molecule has 2 aliphatic rings. The number of rotatable bonds is 13. The Bertz CT molecular complexity index is 1440. The molecular weight excluding hydrogens is 536 g/mol. The number of amides is 2. The molecule has 1 fully saturated rings. The van der Waals surface area contributed by atoms with Crippen LogP contribution in [-0.2, 0) is 6.54 Å². The van der Waals surface area contributed by atoms with Gasteiger partial charge in [0.25, 0.3) is 11.8 Å². The zero-order chi connectivity index (χ0) is 29.8. The van der Waals surface area contributed by atoms with Gasteiger partial charge in [0.05, 0.1) is 6.54 Å². The average Bonchev–Trinajstić information content (AvgIpc) is 3.35. The number of hydrogen-bond donors (Lipinski definition) is 1. The molecule has 1 saturated heterocycles. The molecule has 5 rings (SSSR count). The topological polar surface area (TPSA) is 125 Å². The van der Waals surface area contributed by atoms with E-state index in [4.69, 9.17) is 0 Å². The first-order valence-electron chi connectivity index (χ1n) is 15.0. The van der Waals surface area contributed by atoms with Gasteiger partial charge in [-0.3, -0.25) is 19.4 Å². The highest BCUT2D eigenvalue weighted by atomic mass is 16.6. The normalized spacial score (nSPS) is 16.5. The summed E-state index contributed by atoms with van der Waals surface area (Å²) in [5, 5.41) is 23.6. The minimum Gasteiger partial charge on any atom is -0.387 e. The number of hydrogen-bond acceptors (Lipinski definition) is 8. The Kier molecular flexibility index (Phi) is 9.18. The monoisotopic (exact) mass is 576 g/mol. The van der Waals surface area contributed by atoms with Gasteiger partial charge in [-0.25, -0.2) is 9.55 Å². The molecule has 0 aliphatic carbocycles. The van der Waals surface area contributed by atoms with E-state index >= 15 is 0 Å². The molecule has 0 spiro atoms. The highest BCUT2D eigenvalue weighted by Gasteiger charge is 2.36. The van der Waals surface area contributed by atoms with Crippen molar-refractivity contribution in [1.29, 1.82) is 0 Å². The Labute approximate surface area is 245 Å². The van der Waals surface area contributed by atoms with Crippen molar-refractivity contribution in [2.75, 3.05) is 44.2 Å². The lowest BCUT2D eigenvalue weighted by Crippen LogP contribution is -2.47. The van der Waals surface area contributed by atoms with Crippen LogP contribution in [0.4, 0.5) is 11.5 Å². The quantitative estimate of drug-likeness (QED) is 0.137. The van der Waals surface area contributed by atoms with Crippen molar-refractivity contribution in [2.45, 2.75) is 65.0 Å². The molecule has 3 heterocycles. The van der Waals surface area contributed by atoms with Crippen LogP contribution in [0.1, 0.15) is 72.0 Å². The van der Waals surface area contributed by atoms with Crippen LogP contribution in [-0.4, -0.2) is 86.6 Å². The SMILES string of the molecule is CCCCCCCCN1CCN(c2ccc3c4c(cccc24)C(=O)N(CC(O)Cn2c([N+](=O)[O-])cnc2C)C3=O)CC1. The summed E-state index contributed by atoms with van der Waals surface area (Å²) in [4.78, 5) is 47.7. The Morgan fingerprint density at radius 2 is 1.64 bits per heavy atom. The van der Waals surface area contributed by atoms with Gasteiger partial charge >= 0.3 is 5.82 Å². The molecule has 2 aromatic carbocycles. The van der Waals surface area contributed by atoms with Crippen molar-refractivity contribution in [3.63, 3.8) is 0 Å². The fourth-order valence-electron chi connectivity index (χ4n) is 6.21. The predicted molar refractivity (Wildman–Crippen MR) is 161 cm³/mol. The Hall–Kier alpha value is -3.83. The van der Waals surface area contributed by atoms with Crippen molar-refractivity contribution in [3.8, 4) is 0 Å². The molecule has 42 heavy (non-hydrogen) atoms. The number of imide groups is 1. The number of aryl methyl sites for hydroxylation is 1. The van der Waals surface area contributed by atoms with E-state index in [1.165, 1.54) is 43.1 Å². The molecule has 1 N–H and O–H groups in total. The number of carbonyl (C=O) groups is 2. The van der Waals surface area contributed by atoms with Gasteiger partial charge in [0.1, 0.15) is 18.8 Å². The molecule has 1 atom stereocenters. The highest BCUT2D eigenvalue weighted by molar-refractivity contribution is 6.26. The van der Waals surface area contributed by atoms with Crippen LogP contribution in [0.25, 0.3) is 10.8 Å². The van der Waals surface area contributed by atoms with E-state index in [2.05, 4.69) is 21.7 Å². The zero-order valence-electron chi connectivity index (χ0n) is 24.5. The molecule has 224 valence electrons. The van der Waals surface area contributed by atoms with E-state index in [1.54, 1.807) is 19.1 Å². The molecule has 1 aromatic heterocycles. The number of unbranched alkanes of at least 4 members (excludes halogenated alkanes) is 5. The van der Waals surface area contributed by atoms with Crippen LogP contribution in [0.15, 0.2) is 36.5 Å². The van der Waals surface area contributed by atoms with Crippen LogP contribution in [0.2, 0.25) is 0 Å². The molecule has 0 bridgehead atoms. The van der Waals surface area contributed by atoms with Gasteiger partial charge in [0.2, 0.25) is 0 Å². The average molecular weight is 577 g/mol. The van der Waals surface area contributed by atoms with Crippen molar-refractivity contribution in [1.82, 2.24) is 19.4 Å². The third kappa shape index (κ3) is 6.03. The van der Waals surface area contributed by atoms with Crippen LogP contribution in [0.3, 0.4) is 0 Å². The Morgan fingerprint density at radius 3 is 2.36 bits per heavy atom. The minimum atomic E-state index is -1.21. The van der Waals surface area contributed by atoms with E-state index in [1.807, 2.05) is 18.2 Å². The second-order valence-corrected chi connectivity index (χ2v) is 11.4. The number of aliphatic hydroxyl groups excluding tert-OH is 1. The number of aliphatic hydroxyl groups is 1. The molecule has 0 saturated carbocycles. The maximum atomic E-state index is 13.6. The van der Waals surface area contributed by atoms with Gasteiger partial charge in [-0.1, -0.05) is 51.2 Å². The third-order valence-corrected chi connectivity index (χ3v) is 8.52. The lowest BCUT2D eigenvalue weighted by atomic mass is 9.92. The van der Waals surface area contributed by atoms with Crippen molar-refractivity contribution in [2.24, 2.45) is 0 Å². The number of piperazine rings is 1. The van der Waals surface area contributed by atoms with Gasteiger partial charge in [0.15, 0.2) is 5.82 Å². The Balaban J connectivity index is 1.27. The number of imidazole rings is 1. The van der Waals surface area contributed by atoms with E-state index in [9.17, 15) is 24.8 Å². The first-order chi connectivity index (χ1) is 20.3. The lowest BCUT2D eigenvalue weighted by molar-refractivity contribution is -0.392. The smallest absolute Gasteiger partial charge is 0.342 e. The molecule has 1 unspecified atom stereocenters. The van der Waals surface area contributed by atoms with Gasteiger partial charge in [-0.2, -0.15) is 0 Å². The summed E-state index contributed by atoms with van der Waals surface area (Å²) in [6.07, 6.45) is 7.67. The van der Waals surface area contributed by atoms with Crippen LogP contribution in [0.5, 0.6) is 0 Å². The van der Waals surface area contributed by atoms with E-state index in [-0.39, 0.29) is 18.9 Å². The first kappa shape index (κ1) is 29.7. The van der Waals surface area contributed by atoms with Crippen molar-refractivity contribution in [3.05, 3.63) is 63.6 Å². The van der Waals surface area contributed by atoms with Gasteiger partial charge < -0.3 is 20.1 Å². The minimum absolute atomic E-state index is 0.167. The second kappa shape index (κ2) is 13.0. The zero-order valence-corrected chi connectivity index (χ0v) is 24.5. The maximum Gasteiger partial charge on any atom is 0.342 e. The fraction of sp³-hybridized carbons (Fsp3) is 0.516. The number of carbonyl (C=O) groups excluding carboxylic acids is 2. The summed E-state index contributed by atoms with van der Waals surface area (Å²) in [6.45, 7) is 8.24. The number of benzene rings is 2. The predicted octanol–water partition coefficient (Wildman–Crippen LogP) is 4.39. The molecule has 11 heteroatoms. The summed E-state index contributed by atoms with van der Waals surface area (Å²) in [7, 11) is 0. The number of aromatic nitrogens is 2. The second-order valence-electron chi connectivity index (χ2n) is 11.4. The summed E-state index contributed by atoms with van der Waals surface area (Å²) in [6, 6.07) is 9.26. The highest BCUT2D eigenvalue weighted by Crippen LogP contribution is 2.36. The molecule has 0 radical (unpaired) electrons. The third-order valence-electron chi connectivity index (χ3n) is 8.52. The van der Waals surface area contributed by atoms with Crippen LogP contribution < -0.4 is 4.90 Å². The van der Waals surface area contributed by atoms with Crippen molar-refractivity contribution < 1.29 is 19.6 Å². The molecular formula is C31H40N6O5. The largest absolute Gasteiger partial charge is 0.387 e. The Morgan fingerprint density at radius 1 is 0.952 bits per heavy atom. The standard InChI is InChI=1S/C31H40N6O5/c1-3-4-5-6-7-8-14-33-15-17-34(18-16-33)27-13-12-26-29-24(27)10-9-11-25(29)30(39)36(31(26)40)21-23(38)20-35-22(2)32-19-28(35)37(41)42/h9-13,19,23,38H,3-8,14-18,20-21H2,1-2H3. The molecule has 2 amide bonds. The van der Waals surface area contributed by atoms with Gasteiger partial charge in [0, 0.05) is 60.7 Å². The first-order valence-corrected chi connectivity index (χ1v) is 15.0. The van der Waals surface area contributed by atoms with Gasteiger partial charge in [-0.05, 0) is 36.1 Å². The van der Waals surface area contributed by atoms with E-state index < -0.39 is 22.8 Å². The van der Waals surface area contributed by atoms with Crippen LogP contribution >= 0.6 is 0 Å². The number of nitrogens with zero attached hydrogens (tertiary/aromatic N) is 6. The van der Waals surface area contributed by atoms with E-state index in [0.29, 0.717) is 22.3 Å². The maximum absolute atomic E-state index is 13.6. The molecule has 2 aliphatic heterocycles. The van der Waals surface area contributed by atoms with Gasteiger partial charge in [-0.15, -0.1) is 0 Å². The summed E-state index contributed by atoms with van der Waals surface area (Å²) in [5.74, 6) is -0.846. The lowest BCUT2D eigenvalue weighted by Gasteiger charge is -2.37. The number of nitro groups is 1.